The highest BCUT2D eigenvalue weighted by atomic mass is 16.5. The molecule has 0 aromatic heterocycles. The van der Waals surface area contributed by atoms with Crippen LogP contribution in [-0.2, 0) is 19.5 Å². The Hall–Kier alpha value is -2.45. The van der Waals surface area contributed by atoms with Crippen molar-refractivity contribution in [2.24, 2.45) is 0 Å². The zero-order valence-corrected chi connectivity index (χ0v) is 20.4. The number of ether oxygens (including phenoxy) is 1. The van der Waals surface area contributed by atoms with Gasteiger partial charge in [-0.15, -0.1) is 0 Å². The lowest BCUT2D eigenvalue weighted by Crippen LogP contribution is -2.44. The van der Waals surface area contributed by atoms with Gasteiger partial charge in [0.25, 0.3) is 5.91 Å². The maximum atomic E-state index is 13.3. The van der Waals surface area contributed by atoms with Gasteiger partial charge in [-0.05, 0) is 54.6 Å². The van der Waals surface area contributed by atoms with Crippen LogP contribution in [0.5, 0.6) is 5.75 Å². The lowest BCUT2D eigenvalue weighted by Gasteiger charge is -2.34. The standard InChI is InChI=1S/C28H37N3O4/c32-20-24-7-3-4-11-30(24)16-21-8-9-26-27(15-21)35-14-13-31(28(26)34)19-25(33)18-29-12-10-22-5-1-2-6-23(22)17-29/h1-2,5-6,8-9,15,24-25,32-33H,3-4,7,10-14,16-20H2/t24?,25-/m1/s1. The highest BCUT2D eigenvalue weighted by molar-refractivity contribution is 5.97. The number of benzene rings is 2. The van der Waals surface area contributed by atoms with Crippen LogP contribution >= 0.6 is 0 Å². The number of piperidine rings is 1. The fourth-order valence-corrected chi connectivity index (χ4v) is 5.70. The molecule has 2 N–H and O–H groups in total. The molecule has 7 heteroatoms. The van der Waals surface area contributed by atoms with Gasteiger partial charge in [0.15, 0.2) is 0 Å². The summed E-state index contributed by atoms with van der Waals surface area (Å²) in [6.45, 7) is 5.39. The molecule has 3 aliphatic rings. The quantitative estimate of drug-likeness (QED) is 0.635. The smallest absolute Gasteiger partial charge is 0.257 e. The predicted octanol–water partition coefficient (Wildman–Crippen LogP) is 2.29. The number of fused-ring (bicyclic) bond motifs is 2. The van der Waals surface area contributed by atoms with Gasteiger partial charge in [-0.2, -0.15) is 0 Å². The van der Waals surface area contributed by atoms with E-state index in [0.717, 1.165) is 57.4 Å². The fourth-order valence-electron chi connectivity index (χ4n) is 5.70. The minimum atomic E-state index is -0.612. The second-order valence-electron chi connectivity index (χ2n) is 10.1. The van der Waals surface area contributed by atoms with Gasteiger partial charge < -0.3 is 19.8 Å². The number of rotatable bonds is 7. The molecular formula is C28H37N3O4. The van der Waals surface area contributed by atoms with Crippen molar-refractivity contribution in [2.45, 2.75) is 50.9 Å². The average molecular weight is 480 g/mol. The summed E-state index contributed by atoms with van der Waals surface area (Å²) in [6.07, 6.45) is 3.72. The Balaban J connectivity index is 1.20. The topological polar surface area (TPSA) is 76.5 Å². The first-order chi connectivity index (χ1) is 17.1. The molecule has 0 saturated carbocycles. The van der Waals surface area contributed by atoms with Crippen molar-refractivity contribution in [3.05, 3.63) is 64.7 Å². The molecule has 35 heavy (non-hydrogen) atoms. The number of carbonyl (C=O) groups is 1. The van der Waals surface area contributed by atoms with Crippen molar-refractivity contribution in [1.82, 2.24) is 14.7 Å². The second kappa shape index (κ2) is 11.1. The second-order valence-corrected chi connectivity index (χ2v) is 10.1. The summed E-state index contributed by atoms with van der Waals surface area (Å²) in [7, 11) is 0. The van der Waals surface area contributed by atoms with Crippen molar-refractivity contribution in [1.29, 1.82) is 0 Å². The maximum Gasteiger partial charge on any atom is 0.257 e. The number of nitrogens with zero attached hydrogens (tertiary/aromatic N) is 3. The van der Waals surface area contributed by atoms with E-state index in [1.165, 1.54) is 11.1 Å². The minimum Gasteiger partial charge on any atom is -0.491 e. The van der Waals surface area contributed by atoms with E-state index in [1.807, 2.05) is 18.2 Å². The largest absolute Gasteiger partial charge is 0.491 e. The monoisotopic (exact) mass is 479 g/mol. The van der Waals surface area contributed by atoms with Crippen LogP contribution in [0.25, 0.3) is 0 Å². The zero-order chi connectivity index (χ0) is 24.2. The van der Waals surface area contributed by atoms with Crippen LogP contribution in [-0.4, -0.2) is 88.9 Å². The van der Waals surface area contributed by atoms with E-state index in [9.17, 15) is 15.0 Å². The Bertz CT molecular complexity index is 1030. The summed E-state index contributed by atoms with van der Waals surface area (Å²) in [6, 6.07) is 14.5. The van der Waals surface area contributed by atoms with E-state index in [0.29, 0.717) is 37.6 Å². The lowest BCUT2D eigenvalue weighted by atomic mass is 10.00. The fraction of sp³-hybridized carbons (Fsp3) is 0.536. The molecule has 7 nitrogen and oxygen atoms in total. The molecule has 188 valence electrons. The molecule has 1 fully saturated rings. The van der Waals surface area contributed by atoms with Gasteiger partial charge in [-0.25, -0.2) is 0 Å². The first kappa shape index (κ1) is 24.3. The van der Waals surface area contributed by atoms with Crippen molar-refractivity contribution >= 4 is 5.91 Å². The first-order valence-electron chi connectivity index (χ1n) is 13.0. The maximum absolute atomic E-state index is 13.3. The number of β-amino-alcohol motifs (C(OH)–C–C–N with tert-alkyl or cyclic N) is 1. The molecule has 0 bridgehead atoms. The van der Waals surface area contributed by atoms with E-state index < -0.39 is 6.10 Å². The highest BCUT2D eigenvalue weighted by Gasteiger charge is 2.28. The molecule has 0 spiro atoms. The molecule has 5 rings (SSSR count). The van der Waals surface area contributed by atoms with Crippen LogP contribution in [0.3, 0.4) is 0 Å². The lowest BCUT2D eigenvalue weighted by molar-refractivity contribution is 0.0501. The Morgan fingerprint density at radius 3 is 2.74 bits per heavy atom. The Kier molecular flexibility index (Phi) is 7.68. The number of hydrogen-bond donors (Lipinski definition) is 2. The van der Waals surface area contributed by atoms with Gasteiger partial charge in [0.05, 0.1) is 24.8 Å². The molecule has 1 unspecified atom stereocenters. The van der Waals surface area contributed by atoms with Crippen LogP contribution in [0, 0.1) is 0 Å². The van der Waals surface area contributed by atoms with Crippen molar-refractivity contribution in [3.63, 3.8) is 0 Å². The SMILES string of the molecule is O=C1c2ccc(CN3CCCCC3CO)cc2OCCN1C[C@H](O)CN1CCc2ccccc2C1. The van der Waals surface area contributed by atoms with Gasteiger partial charge >= 0.3 is 0 Å². The number of aliphatic hydroxyl groups is 2. The van der Waals surface area contributed by atoms with E-state index in [2.05, 4.69) is 34.1 Å². The van der Waals surface area contributed by atoms with Crippen LogP contribution in [0.1, 0.15) is 46.3 Å². The summed E-state index contributed by atoms with van der Waals surface area (Å²) in [4.78, 5) is 19.6. The Morgan fingerprint density at radius 2 is 1.89 bits per heavy atom. The molecule has 2 atom stereocenters. The average Bonchev–Trinajstić information content (AvgIpc) is 3.02. The molecule has 1 amide bonds. The van der Waals surface area contributed by atoms with Gasteiger partial charge in [0, 0.05) is 38.8 Å². The normalized spacial score (nSPS) is 22.2. The van der Waals surface area contributed by atoms with Crippen LogP contribution < -0.4 is 4.74 Å². The number of carbonyl (C=O) groups excluding carboxylic acids is 1. The predicted molar refractivity (Wildman–Crippen MR) is 134 cm³/mol. The van der Waals surface area contributed by atoms with E-state index >= 15 is 0 Å². The third kappa shape index (κ3) is 5.70. The van der Waals surface area contributed by atoms with Crippen LogP contribution in [0.4, 0.5) is 0 Å². The number of amides is 1. The van der Waals surface area contributed by atoms with E-state index in [-0.39, 0.29) is 18.6 Å². The third-order valence-corrected chi connectivity index (χ3v) is 7.64. The highest BCUT2D eigenvalue weighted by Crippen LogP contribution is 2.27. The van der Waals surface area contributed by atoms with Crippen LogP contribution in [0.2, 0.25) is 0 Å². The number of likely N-dealkylation sites (tertiary alicyclic amines) is 1. The third-order valence-electron chi connectivity index (χ3n) is 7.64. The van der Waals surface area contributed by atoms with Crippen molar-refractivity contribution in [2.75, 3.05) is 45.9 Å². The molecule has 3 aliphatic heterocycles. The summed E-state index contributed by atoms with van der Waals surface area (Å²) in [5.41, 5.74) is 4.37. The number of hydrogen-bond acceptors (Lipinski definition) is 6. The summed E-state index contributed by atoms with van der Waals surface area (Å²) >= 11 is 0. The Labute approximate surface area is 207 Å². The van der Waals surface area contributed by atoms with Crippen molar-refractivity contribution < 1.29 is 19.7 Å². The van der Waals surface area contributed by atoms with Gasteiger partial charge in [-0.1, -0.05) is 36.8 Å². The zero-order valence-electron chi connectivity index (χ0n) is 20.4. The van der Waals surface area contributed by atoms with Gasteiger partial charge in [-0.3, -0.25) is 14.6 Å². The molecule has 3 heterocycles. The molecule has 0 aliphatic carbocycles. The number of aliphatic hydroxyl groups excluding tert-OH is 2. The molecule has 1 saturated heterocycles. The van der Waals surface area contributed by atoms with E-state index in [4.69, 9.17) is 4.74 Å². The van der Waals surface area contributed by atoms with Gasteiger partial charge in [0.2, 0.25) is 0 Å². The summed E-state index contributed by atoms with van der Waals surface area (Å²) in [5.74, 6) is 0.535. The molecule has 2 aromatic rings. The first-order valence-corrected chi connectivity index (χ1v) is 13.0. The molecule has 0 radical (unpaired) electrons. The van der Waals surface area contributed by atoms with E-state index in [1.54, 1.807) is 4.90 Å². The van der Waals surface area contributed by atoms with Crippen LogP contribution in [0.15, 0.2) is 42.5 Å². The summed E-state index contributed by atoms with van der Waals surface area (Å²) < 4.78 is 5.98. The van der Waals surface area contributed by atoms with Crippen molar-refractivity contribution in [3.8, 4) is 5.75 Å². The minimum absolute atomic E-state index is 0.0849. The molecule has 2 aromatic carbocycles. The van der Waals surface area contributed by atoms with Gasteiger partial charge in [0.1, 0.15) is 12.4 Å². The summed E-state index contributed by atoms with van der Waals surface area (Å²) in [5, 5.41) is 20.5. The Morgan fingerprint density at radius 1 is 1.03 bits per heavy atom. The molecular weight excluding hydrogens is 442 g/mol.